The predicted molar refractivity (Wildman–Crippen MR) is 69.5 cm³/mol. The normalized spacial score (nSPS) is 9.94. The van der Waals surface area contributed by atoms with E-state index < -0.39 is 0 Å². The first-order valence-corrected chi connectivity index (χ1v) is 6.25. The van der Waals surface area contributed by atoms with Gasteiger partial charge in [-0.25, -0.2) is 4.98 Å². The lowest BCUT2D eigenvalue weighted by atomic mass is 10.4. The first kappa shape index (κ1) is 12.3. The molecule has 0 aliphatic rings. The van der Waals surface area contributed by atoms with Crippen LogP contribution < -0.4 is 0 Å². The zero-order valence-electron chi connectivity index (χ0n) is 8.52. The summed E-state index contributed by atoms with van der Waals surface area (Å²) < 4.78 is 0. The van der Waals surface area contributed by atoms with E-state index in [0.29, 0.717) is 15.7 Å². The van der Waals surface area contributed by atoms with E-state index >= 15 is 0 Å². The van der Waals surface area contributed by atoms with Crippen molar-refractivity contribution < 1.29 is 0 Å². The lowest BCUT2D eigenvalue weighted by Gasteiger charge is -2.03. The molecule has 0 radical (unpaired) electrons. The van der Waals surface area contributed by atoms with Crippen molar-refractivity contribution in [1.82, 2.24) is 4.98 Å². The number of pyridine rings is 1. The maximum atomic E-state index is 8.75. The van der Waals surface area contributed by atoms with Gasteiger partial charge >= 0.3 is 0 Å². The Kier molecular flexibility index (Phi) is 3.90. The Hall–Kier alpha value is -1.21. The Morgan fingerprint density at radius 3 is 2.41 bits per heavy atom. The Labute approximate surface area is 113 Å². The molecule has 0 saturated carbocycles. The molecule has 0 N–H and O–H groups in total. The van der Waals surface area contributed by atoms with Crippen LogP contribution in [0, 0.1) is 11.3 Å². The van der Waals surface area contributed by atoms with Crippen molar-refractivity contribution in [3.63, 3.8) is 0 Å². The largest absolute Gasteiger partial charge is 0.245 e. The van der Waals surface area contributed by atoms with Crippen molar-refractivity contribution in [2.75, 3.05) is 0 Å². The van der Waals surface area contributed by atoms with E-state index in [1.807, 2.05) is 24.3 Å². The summed E-state index contributed by atoms with van der Waals surface area (Å²) >= 11 is 13.3. The standard InChI is InChI=1S/C12H6Cl2N2S/c13-8-3-9(14)5-12(4-8)17-11-1-2-16-10(6-11)7-15/h1-6H. The Balaban J connectivity index is 2.28. The molecule has 0 aliphatic heterocycles. The van der Waals surface area contributed by atoms with E-state index in [9.17, 15) is 0 Å². The van der Waals surface area contributed by atoms with Crippen LogP contribution in [-0.2, 0) is 0 Å². The van der Waals surface area contributed by atoms with Crippen molar-refractivity contribution in [3.8, 4) is 6.07 Å². The highest BCUT2D eigenvalue weighted by atomic mass is 35.5. The second kappa shape index (κ2) is 5.42. The van der Waals surface area contributed by atoms with Gasteiger partial charge in [0.05, 0.1) is 0 Å². The van der Waals surface area contributed by atoms with Crippen LogP contribution in [0.25, 0.3) is 0 Å². The van der Waals surface area contributed by atoms with Crippen LogP contribution in [0.3, 0.4) is 0 Å². The van der Waals surface area contributed by atoms with Gasteiger partial charge in [-0.3, -0.25) is 0 Å². The molecule has 0 atom stereocenters. The summed E-state index contributed by atoms with van der Waals surface area (Å²) in [5.41, 5.74) is 0.392. The zero-order valence-corrected chi connectivity index (χ0v) is 10.9. The average molecular weight is 281 g/mol. The maximum absolute atomic E-state index is 8.75. The minimum atomic E-state index is 0.392. The summed E-state index contributed by atoms with van der Waals surface area (Å²) in [6.07, 6.45) is 1.60. The number of nitriles is 1. The molecule has 1 aromatic heterocycles. The highest BCUT2D eigenvalue weighted by molar-refractivity contribution is 7.99. The molecule has 0 amide bonds. The molecule has 0 spiro atoms. The van der Waals surface area contributed by atoms with Crippen molar-refractivity contribution >= 4 is 35.0 Å². The van der Waals surface area contributed by atoms with Crippen LogP contribution in [0.5, 0.6) is 0 Å². The smallest absolute Gasteiger partial charge is 0.141 e. The van der Waals surface area contributed by atoms with Gasteiger partial charge in [-0.1, -0.05) is 35.0 Å². The molecule has 84 valence electrons. The second-order valence-electron chi connectivity index (χ2n) is 3.20. The Morgan fingerprint density at radius 2 is 1.76 bits per heavy atom. The van der Waals surface area contributed by atoms with E-state index in [1.165, 1.54) is 11.8 Å². The van der Waals surface area contributed by atoms with Crippen LogP contribution in [-0.4, -0.2) is 4.98 Å². The van der Waals surface area contributed by atoms with E-state index in [0.717, 1.165) is 9.79 Å². The van der Waals surface area contributed by atoms with E-state index in [4.69, 9.17) is 28.5 Å². The number of nitrogens with zero attached hydrogens (tertiary/aromatic N) is 2. The maximum Gasteiger partial charge on any atom is 0.141 e. The highest BCUT2D eigenvalue weighted by Crippen LogP contribution is 2.31. The first-order chi connectivity index (χ1) is 8.17. The zero-order chi connectivity index (χ0) is 12.3. The van der Waals surface area contributed by atoms with Crippen LogP contribution in [0.1, 0.15) is 5.69 Å². The molecule has 5 heteroatoms. The summed E-state index contributed by atoms with van der Waals surface area (Å²) in [5, 5.41) is 9.94. The summed E-state index contributed by atoms with van der Waals surface area (Å²) in [4.78, 5) is 5.76. The molecular weight excluding hydrogens is 275 g/mol. The van der Waals surface area contributed by atoms with Gasteiger partial charge in [0.2, 0.25) is 0 Å². The van der Waals surface area contributed by atoms with Crippen molar-refractivity contribution in [2.45, 2.75) is 9.79 Å². The van der Waals surface area contributed by atoms with Gasteiger partial charge in [-0.15, -0.1) is 0 Å². The van der Waals surface area contributed by atoms with Crippen LogP contribution >= 0.6 is 35.0 Å². The van der Waals surface area contributed by atoms with Crippen molar-refractivity contribution in [3.05, 3.63) is 52.3 Å². The molecule has 0 aliphatic carbocycles. The molecule has 0 unspecified atom stereocenters. The highest BCUT2D eigenvalue weighted by Gasteiger charge is 2.02. The minimum Gasteiger partial charge on any atom is -0.245 e. The number of halogens is 2. The summed E-state index contributed by atoms with van der Waals surface area (Å²) in [7, 11) is 0. The second-order valence-corrected chi connectivity index (χ2v) is 5.22. The van der Waals surface area contributed by atoms with Crippen molar-refractivity contribution in [2.24, 2.45) is 0 Å². The monoisotopic (exact) mass is 280 g/mol. The molecular formula is C12H6Cl2N2S. The van der Waals surface area contributed by atoms with E-state index in [1.54, 1.807) is 18.3 Å². The first-order valence-electron chi connectivity index (χ1n) is 4.67. The fraction of sp³-hybridized carbons (Fsp3) is 0. The Morgan fingerprint density at radius 1 is 1.06 bits per heavy atom. The Bertz CT molecular complexity index is 573. The van der Waals surface area contributed by atoms with Gasteiger partial charge in [0.1, 0.15) is 11.8 Å². The van der Waals surface area contributed by atoms with Gasteiger partial charge in [-0.05, 0) is 30.3 Å². The predicted octanol–water partition coefficient (Wildman–Crippen LogP) is 4.41. The number of rotatable bonds is 2. The van der Waals surface area contributed by atoms with Gasteiger partial charge in [0.25, 0.3) is 0 Å². The minimum absolute atomic E-state index is 0.392. The lowest BCUT2D eigenvalue weighted by molar-refractivity contribution is 1.21. The molecule has 1 aromatic carbocycles. The third-order valence-electron chi connectivity index (χ3n) is 1.92. The van der Waals surface area contributed by atoms with Crippen molar-refractivity contribution in [1.29, 1.82) is 5.26 Å². The lowest BCUT2D eigenvalue weighted by Crippen LogP contribution is -1.82. The molecule has 2 nitrogen and oxygen atoms in total. The third-order valence-corrected chi connectivity index (χ3v) is 3.32. The van der Waals surface area contributed by atoms with E-state index in [2.05, 4.69) is 4.98 Å². The molecule has 2 rings (SSSR count). The van der Waals surface area contributed by atoms with Gasteiger partial charge in [0, 0.05) is 26.0 Å². The molecule has 1 heterocycles. The van der Waals surface area contributed by atoms with Gasteiger partial charge in [0.15, 0.2) is 0 Å². The SMILES string of the molecule is N#Cc1cc(Sc2cc(Cl)cc(Cl)c2)ccn1. The molecule has 2 aromatic rings. The number of hydrogen-bond acceptors (Lipinski definition) is 3. The van der Waals surface area contributed by atoms with Crippen LogP contribution in [0.4, 0.5) is 0 Å². The summed E-state index contributed by atoms with van der Waals surface area (Å²) in [5.74, 6) is 0. The number of aromatic nitrogens is 1. The van der Waals surface area contributed by atoms with Gasteiger partial charge < -0.3 is 0 Å². The summed E-state index contributed by atoms with van der Waals surface area (Å²) in [6.45, 7) is 0. The number of hydrogen-bond donors (Lipinski definition) is 0. The van der Waals surface area contributed by atoms with Crippen LogP contribution in [0.2, 0.25) is 10.0 Å². The quantitative estimate of drug-likeness (QED) is 0.818. The fourth-order valence-electron chi connectivity index (χ4n) is 1.26. The molecule has 0 fully saturated rings. The molecule has 0 saturated heterocycles. The van der Waals surface area contributed by atoms with Gasteiger partial charge in [-0.2, -0.15) is 5.26 Å². The number of benzene rings is 1. The fourth-order valence-corrected chi connectivity index (χ4v) is 2.86. The van der Waals surface area contributed by atoms with Crippen LogP contribution in [0.15, 0.2) is 46.3 Å². The molecule has 0 bridgehead atoms. The topological polar surface area (TPSA) is 36.7 Å². The molecule has 17 heavy (non-hydrogen) atoms. The average Bonchev–Trinajstić information content (AvgIpc) is 2.28. The third kappa shape index (κ3) is 3.37. The van der Waals surface area contributed by atoms with E-state index in [-0.39, 0.29) is 0 Å². The summed E-state index contributed by atoms with van der Waals surface area (Å²) in [6, 6.07) is 10.9.